The Morgan fingerprint density at radius 1 is 1.26 bits per heavy atom. The Balaban J connectivity index is 2.07. The topological polar surface area (TPSA) is 62.2 Å². The summed E-state index contributed by atoms with van der Waals surface area (Å²) >= 11 is 11.5. The number of hydrogen-bond donors (Lipinski definition) is 2. The molecule has 0 aliphatic rings. The van der Waals surface area contributed by atoms with Gasteiger partial charge in [0.15, 0.2) is 5.75 Å². The van der Waals surface area contributed by atoms with Crippen LogP contribution in [0.2, 0.25) is 10.0 Å². The summed E-state index contributed by atoms with van der Waals surface area (Å²) in [6.07, 6.45) is 1.77. The summed E-state index contributed by atoms with van der Waals surface area (Å²) in [4.78, 5) is 15.8. The number of pyridine rings is 1. The van der Waals surface area contributed by atoms with Gasteiger partial charge in [0, 0.05) is 17.6 Å². The van der Waals surface area contributed by atoms with Crippen molar-refractivity contribution in [3.8, 4) is 5.75 Å². The van der Waals surface area contributed by atoms with Gasteiger partial charge in [0.2, 0.25) is 5.91 Å². The smallest absolute Gasteiger partial charge is 0.230 e. The minimum Gasteiger partial charge on any atom is -0.505 e. The Labute approximate surface area is 120 Å². The summed E-state index contributed by atoms with van der Waals surface area (Å²) in [6.45, 7) is 0. The fraction of sp³-hybridized carbons (Fsp3) is 0.0769. The molecule has 0 spiro atoms. The van der Waals surface area contributed by atoms with E-state index in [4.69, 9.17) is 23.2 Å². The van der Waals surface area contributed by atoms with Crippen LogP contribution in [0.1, 0.15) is 5.69 Å². The first-order valence-electron chi connectivity index (χ1n) is 5.44. The maximum absolute atomic E-state index is 11.8. The maximum Gasteiger partial charge on any atom is 0.230 e. The number of halogens is 2. The molecule has 1 amide bonds. The highest BCUT2D eigenvalue weighted by atomic mass is 35.5. The average Bonchev–Trinajstić information content (AvgIpc) is 2.37. The molecule has 0 aliphatic carbocycles. The van der Waals surface area contributed by atoms with Gasteiger partial charge in [0.25, 0.3) is 0 Å². The number of rotatable bonds is 3. The summed E-state index contributed by atoms with van der Waals surface area (Å²) in [5.74, 6) is -0.442. The van der Waals surface area contributed by atoms with Crippen molar-refractivity contribution in [1.29, 1.82) is 0 Å². The largest absolute Gasteiger partial charge is 0.505 e. The normalized spacial score (nSPS) is 10.2. The van der Waals surface area contributed by atoms with Crippen molar-refractivity contribution in [2.75, 3.05) is 5.32 Å². The number of aromatic hydroxyl groups is 1. The van der Waals surface area contributed by atoms with Crippen LogP contribution in [0.25, 0.3) is 0 Å². The highest BCUT2D eigenvalue weighted by Crippen LogP contribution is 2.34. The second-order valence-corrected chi connectivity index (χ2v) is 4.65. The Hall–Kier alpha value is -1.78. The van der Waals surface area contributed by atoms with E-state index in [2.05, 4.69) is 10.3 Å². The number of anilines is 1. The number of aromatic nitrogens is 1. The van der Waals surface area contributed by atoms with Crippen LogP contribution in [0.3, 0.4) is 0 Å². The molecule has 0 radical (unpaired) electrons. The van der Waals surface area contributed by atoms with Crippen molar-refractivity contribution in [1.82, 2.24) is 4.98 Å². The van der Waals surface area contributed by atoms with Crippen LogP contribution in [-0.4, -0.2) is 16.0 Å². The summed E-state index contributed by atoms with van der Waals surface area (Å²) in [5.41, 5.74) is 1.09. The van der Waals surface area contributed by atoms with Crippen molar-refractivity contribution in [3.05, 3.63) is 52.3 Å². The highest BCUT2D eigenvalue weighted by molar-refractivity contribution is 6.37. The Kier molecular flexibility index (Phi) is 4.24. The van der Waals surface area contributed by atoms with Crippen molar-refractivity contribution >= 4 is 34.8 Å². The van der Waals surface area contributed by atoms with Crippen LogP contribution in [0.4, 0.5) is 5.69 Å². The quantitative estimate of drug-likeness (QED) is 0.855. The first-order valence-corrected chi connectivity index (χ1v) is 6.19. The second kappa shape index (κ2) is 5.91. The van der Waals surface area contributed by atoms with E-state index >= 15 is 0 Å². The van der Waals surface area contributed by atoms with E-state index in [0.29, 0.717) is 11.4 Å². The molecule has 19 heavy (non-hydrogen) atoms. The molecule has 0 fully saturated rings. The lowest BCUT2D eigenvalue weighted by Crippen LogP contribution is -2.15. The lowest BCUT2D eigenvalue weighted by molar-refractivity contribution is -0.115. The van der Waals surface area contributed by atoms with E-state index in [0.717, 1.165) is 0 Å². The molecule has 4 nitrogen and oxygen atoms in total. The van der Waals surface area contributed by atoms with Gasteiger partial charge in [-0.05, 0) is 24.3 Å². The van der Waals surface area contributed by atoms with Gasteiger partial charge in [-0.15, -0.1) is 0 Å². The van der Waals surface area contributed by atoms with Crippen molar-refractivity contribution < 1.29 is 9.90 Å². The number of carbonyl (C=O) groups excluding carboxylic acids is 1. The zero-order chi connectivity index (χ0) is 13.8. The molecule has 1 heterocycles. The molecule has 2 N–H and O–H groups in total. The second-order valence-electron chi connectivity index (χ2n) is 3.83. The molecule has 2 aromatic rings. The van der Waals surface area contributed by atoms with Gasteiger partial charge in [0.05, 0.1) is 16.5 Å². The van der Waals surface area contributed by atoms with Gasteiger partial charge in [-0.25, -0.2) is 0 Å². The maximum atomic E-state index is 11.8. The third kappa shape index (κ3) is 3.59. The first-order chi connectivity index (χ1) is 9.06. The minimum atomic E-state index is -0.239. The molecule has 0 unspecified atom stereocenters. The lowest BCUT2D eigenvalue weighted by Gasteiger charge is -2.07. The Bertz CT molecular complexity index is 580. The molecular formula is C13H10Cl2N2O2. The van der Waals surface area contributed by atoms with Crippen molar-refractivity contribution in [2.45, 2.75) is 6.42 Å². The summed E-state index contributed by atoms with van der Waals surface area (Å²) in [5, 5.41) is 12.2. The Morgan fingerprint density at radius 3 is 2.53 bits per heavy atom. The zero-order valence-corrected chi connectivity index (χ0v) is 11.2. The molecule has 0 saturated heterocycles. The average molecular weight is 297 g/mol. The predicted molar refractivity (Wildman–Crippen MR) is 74.7 cm³/mol. The van der Waals surface area contributed by atoms with Crippen LogP contribution in [-0.2, 0) is 11.2 Å². The number of phenolic OH excluding ortho intramolecular Hbond substituents is 1. The van der Waals surface area contributed by atoms with Gasteiger partial charge >= 0.3 is 0 Å². The molecule has 0 saturated carbocycles. The Morgan fingerprint density at radius 2 is 1.95 bits per heavy atom. The monoisotopic (exact) mass is 296 g/mol. The fourth-order valence-corrected chi connectivity index (χ4v) is 2.00. The molecule has 98 valence electrons. The van der Waals surface area contributed by atoms with Gasteiger partial charge in [-0.2, -0.15) is 0 Å². The third-order valence-corrected chi connectivity index (χ3v) is 2.94. The van der Waals surface area contributed by atoms with E-state index in [1.165, 1.54) is 12.1 Å². The molecular weight excluding hydrogens is 287 g/mol. The van der Waals surface area contributed by atoms with Crippen molar-refractivity contribution in [2.24, 2.45) is 0 Å². The predicted octanol–water partition coefficient (Wildman–Crippen LogP) is 3.28. The number of hydrogen-bond acceptors (Lipinski definition) is 3. The SMILES string of the molecule is O=C(Cc1ccccn1)Nc1cc(Cl)c(O)c(Cl)c1. The number of benzene rings is 1. The van der Waals surface area contributed by atoms with Crippen LogP contribution >= 0.6 is 23.2 Å². The number of nitrogens with one attached hydrogen (secondary N) is 1. The molecule has 0 bridgehead atoms. The molecule has 1 aromatic heterocycles. The molecule has 2 rings (SSSR count). The van der Waals surface area contributed by atoms with E-state index in [1.807, 2.05) is 6.07 Å². The standard InChI is InChI=1S/C13H10Cl2N2O2/c14-10-5-9(6-11(15)13(10)19)17-12(18)7-8-3-1-2-4-16-8/h1-6,19H,7H2,(H,17,18). The van der Waals surface area contributed by atoms with E-state index < -0.39 is 0 Å². The lowest BCUT2D eigenvalue weighted by atomic mass is 10.2. The van der Waals surface area contributed by atoms with Gasteiger partial charge in [-0.3, -0.25) is 9.78 Å². The number of carbonyl (C=O) groups is 1. The van der Waals surface area contributed by atoms with E-state index in [9.17, 15) is 9.90 Å². The summed E-state index contributed by atoms with van der Waals surface area (Å²) in [7, 11) is 0. The minimum absolute atomic E-state index is 0.0839. The van der Waals surface area contributed by atoms with Gasteiger partial charge < -0.3 is 10.4 Å². The summed E-state index contributed by atoms with van der Waals surface area (Å²) < 4.78 is 0. The van der Waals surface area contributed by atoms with E-state index in [-0.39, 0.29) is 28.1 Å². The molecule has 0 aliphatic heterocycles. The van der Waals surface area contributed by atoms with Gasteiger partial charge in [-0.1, -0.05) is 29.3 Å². The van der Waals surface area contributed by atoms with Gasteiger partial charge in [0.1, 0.15) is 0 Å². The third-order valence-electron chi connectivity index (χ3n) is 2.37. The van der Waals surface area contributed by atoms with Crippen LogP contribution < -0.4 is 5.32 Å². The van der Waals surface area contributed by atoms with Crippen LogP contribution in [0.5, 0.6) is 5.75 Å². The fourth-order valence-electron chi connectivity index (χ4n) is 1.51. The first kappa shape index (κ1) is 13.6. The molecule has 0 atom stereocenters. The number of phenols is 1. The van der Waals surface area contributed by atoms with Crippen LogP contribution in [0.15, 0.2) is 36.5 Å². The van der Waals surface area contributed by atoms with E-state index in [1.54, 1.807) is 18.3 Å². The van der Waals surface area contributed by atoms with Crippen LogP contribution in [0, 0.1) is 0 Å². The van der Waals surface area contributed by atoms with Crippen molar-refractivity contribution in [3.63, 3.8) is 0 Å². The zero-order valence-electron chi connectivity index (χ0n) is 9.73. The number of amides is 1. The molecule has 6 heteroatoms. The molecule has 1 aromatic carbocycles. The highest BCUT2D eigenvalue weighted by Gasteiger charge is 2.09. The summed E-state index contributed by atoms with van der Waals surface area (Å²) in [6, 6.07) is 8.21. The number of nitrogens with zero attached hydrogens (tertiary/aromatic N) is 1.